The second-order valence-electron chi connectivity index (χ2n) is 4.16. The second kappa shape index (κ2) is 4.09. The van der Waals surface area contributed by atoms with Crippen molar-refractivity contribution in [2.24, 2.45) is 7.05 Å². The van der Waals surface area contributed by atoms with Gasteiger partial charge in [-0.05, 0) is 43.5 Å². The number of rotatable bonds is 1. The highest BCUT2D eigenvalue weighted by atomic mass is 14.9. The average molecular weight is 215 g/mol. The Balaban J connectivity index is 2.65. The number of hydrogen-bond donors (Lipinski definition) is 0. The van der Waals surface area contributed by atoms with Crippen LogP contribution in [-0.4, -0.2) is 0 Å². The molecular weight excluding hydrogens is 194 g/mol. The number of nitrogens with zero attached hydrogens (tertiary/aromatic N) is 1. The quantitative estimate of drug-likeness (QED) is 0.644. The Morgan fingerprint density at radius 3 is 2.75 bits per heavy atom. The molecule has 1 heterocycles. The Labute approximate surface area is 102 Å². The molecule has 0 amide bonds. The molecule has 0 N–H and O–H groups in total. The Hall–Kier alpha value is -1.63. The molecule has 2 aromatic rings. The highest BCUT2D eigenvalue weighted by Crippen LogP contribution is 2.22. The van der Waals surface area contributed by atoms with Crippen LogP contribution in [0.4, 0.5) is 0 Å². The molecule has 0 saturated heterocycles. The van der Waals surface area contributed by atoms with Gasteiger partial charge in [0.25, 0.3) is 0 Å². The van der Waals surface area contributed by atoms with Crippen molar-refractivity contribution in [1.29, 1.82) is 0 Å². The smallest absolute Gasteiger partial charge is 0.201 e. The van der Waals surface area contributed by atoms with Gasteiger partial charge in [-0.3, -0.25) is 0 Å². The van der Waals surface area contributed by atoms with E-state index in [0.29, 0.717) is 5.56 Å². The van der Waals surface area contributed by atoms with Crippen LogP contribution in [-0.2, 0) is 7.05 Å². The molecule has 0 aliphatic carbocycles. The normalized spacial score (nSPS) is 14.1. The van der Waals surface area contributed by atoms with Crippen molar-refractivity contribution >= 4 is 0 Å². The molecule has 0 bridgehead atoms. The molecule has 1 aromatic carbocycles. The molecule has 0 atom stereocenters. The van der Waals surface area contributed by atoms with Crippen LogP contribution in [0.3, 0.4) is 0 Å². The zero-order valence-electron chi connectivity index (χ0n) is 12.9. The lowest BCUT2D eigenvalue weighted by Crippen LogP contribution is -2.30. The van der Waals surface area contributed by atoms with Gasteiger partial charge in [-0.25, -0.2) is 4.57 Å². The number of aromatic nitrogens is 1. The third kappa shape index (κ3) is 1.85. The van der Waals surface area contributed by atoms with E-state index in [-0.39, 0.29) is 0 Å². The largest absolute Gasteiger partial charge is 0.212 e. The topological polar surface area (TPSA) is 3.88 Å². The number of aryl methyl sites for hydroxylation is 3. The third-order valence-electron chi connectivity index (χ3n) is 3.03. The average Bonchev–Trinajstić information content (AvgIpc) is 2.32. The van der Waals surface area contributed by atoms with Crippen molar-refractivity contribution in [2.45, 2.75) is 20.7 Å². The van der Waals surface area contributed by atoms with E-state index in [2.05, 4.69) is 19.9 Å². The SMILES string of the molecule is [2H]C([2H])([2H])c1cc[n+](C)c(-c2cccc(C)c2C)c1. The van der Waals surface area contributed by atoms with E-state index in [1.165, 1.54) is 11.1 Å². The van der Waals surface area contributed by atoms with Gasteiger partial charge in [0.05, 0.1) is 0 Å². The molecule has 0 aliphatic rings. The van der Waals surface area contributed by atoms with Gasteiger partial charge in [0.15, 0.2) is 6.20 Å². The summed E-state index contributed by atoms with van der Waals surface area (Å²) in [6.07, 6.45) is 1.80. The van der Waals surface area contributed by atoms with E-state index >= 15 is 0 Å². The molecule has 0 spiro atoms. The molecule has 1 heteroatoms. The summed E-state index contributed by atoms with van der Waals surface area (Å²) in [5, 5.41) is 0. The maximum atomic E-state index is 7.52. The minimum absolute atomic E-state index is 0.376. The Morgan fingerprint density at radius 2 is 2.00 bits per heavy atom. The predicted molar refractivity (Wildman–Crippen MR) is 67.3 cm³/mol. The van der Waals surface area contributed by atoms with Crippen molar-refractivity contribution in [3.63, 3.8) is 0 Å². The lowest BCUT2D eigenvalue weighted by atomic mass is 9.99. The van der Waals surface area contributed by atoms with E-state index in [1.54, 1.807) is 18.3 Å². The van der Waals surface area contributed by atoms with Crippen LogP contribution in [0, 0.1) is 20.7 Å². The summed E-state index contributed by atoms with van der Waals surface area (Å²) in [5.74, 6) is 0. The van der Waals surface area contributed by atoms with E-state index in [9.17, 15) is 0 Å². The Kier molecular flexibility index (Phi) is 1.95. The molecule has 1 nitrogen and oxygen atoms in total. The maximum absolute atomic E-state index is 7.52. The van der Waals surface area contributed by atoms with Gasteiger partial charge in [-0.2, -0.15) is 0 Å². The monoisotopic (exact) mass is 215 g/mol. The summed E-state index contributed by atoms with van der Waals surface area (Å²) in [7, 11) is 1.93. The van der Waals surface area contributed by atoms with Gasteiger partial charge in [0, 0.05) is 21.8 Å². The fraction of sp³-hybridized carbons (Fsp3) is 0.267. The van der Waals surface area contributed by atoms with Gasteiger partial charge in [-0.1, -0.05) is 12.1 Å². The van der Waals surface area contributed by atoms with Crippen LogP contribution in [0.1, 0.15) is 20.8 Å². The summed E-state index contributed by atoms with van der Waals surface area (Å²) >= 11 is 0. The molecule has 0 fully saturated rings. The minimum Gasteiger partial charge on any atom is -0.201 e. The van der Waals surface area contributed by atoms with Crippen LogP contribution in [0.5, 0.6) is 0 Å². The number of hydrogen-bond acceptors (Lipinski definition) is 0. The summed E-state index contributed by atoms with van der Waals surface area (Å²) < 4.78 is 24.5. The highest BCUT2D eigenvalue weighted by Gasteiger charge is 2.12. The van der Waals surface area contributed by atoms with Crippen molar-refractivity contribution in [3.8, 4) is 11.3 Å². The molecule has 0 radical (unpaired) electrons. The van der Waals surface area contributed by atoms with Gasteiger partial charge >= 0.3 is 0 Å². The molecular formula is C15H18N+. The fourth-order valence-corrected chi connectivity index (χ4v) is 1.87. The van der Waals surface area contributed by atoms with Crippen LogP contribution in [0.25, 0.3) is 11.3 Å². The molecule has 1 aromatic heterocycles. The maximum Gasteiger partial charge on any atom is 0.212 e. The standard InChI is InChI=1S/C15H18N/c1-11-8-9-16(4)15(10-11)14-7-5-6-12(2)13(14)3/h5-10H,1-4H3/q+1/i1D3. The first-order chi connectivity index (χ1) is 8.80. The summed E-state index contributed by atoms with van der Waals surface area (Å²) in [6, 6.07) is 9.50. The van der Waals surface area contributed by atoms with E-state index in [1.807, 2.05) is 23.7 Å². The molecule has 0 unspecified atom stereocenters. The van der Waals surface area contributed by atoms with Crippen LogP contribution >= 0.6 is 0 Å². The Morgan fingerprint density at radius 1 is 1.19 bits per heavy atom. The van der Waals surface area contributed by atoms with Gasteiger partial charge in [0.1, 0.15) is 7.05 Å². The minimum atomic E-state index is -2.07. The van der Waals surface area contributed by atoms with Gasteiger partial charge in [-0.15, -0.1) is 0 Å². The molecule has 82 valence electrons. The number of pyridine rings is 1. The molecule has 0 saturated carbocycles. The highest BCUT2D eigenvalue weighted by molar-refractivity contribution is 5.63. The first kappa shape index (κ1) is 7.61. The van der Waals surface area contributed by atoms with Crippen LogP contribution in [0.15, 0.2) is 36.5 Å². The summed E-state index contributed by atoms with van der Waals surface area (Å²) in [5.41, 5.74) is 4.77. The van der Waals surface area contributed by atoms with Crippen molar-refractivity contribution in [3.05, 3.63) is 53.2 Å². The lowest BCUT2D eigenvalue weighted by Gasteiger charge is -2.07. The Bertz CT molecular complexity index is 615. The lowest BCUT2D eigenvalue weighted by molar-refractivity contribution is -0.660. The van der Waals surface area contributed by atoms with Crippen LogP contribution in [0.2, 0.25) is 0 Å². The third-order valence-corrected chi connectivity index (χ3v) is 3.03. The summed E-state index contributed by atoms with van der Waals surface area (Å²) in [4.78, 5) is 0. The fourth-order valence-electron chi connectivity index (χ4n) is 1.87. The van der Waals surface area contributed by atoms with E-state index in [0.717, 1.165) is 11.3 Å². The molecule has 16 heavy (non-hydrogen) atoms. The zero-order chi connectivity index (χ0) is 14.2. The molecule has 2 rings (SSSR count). The van der Waals surface area contributed by atoms with E-state index < -0.39 is 6.85 Å². The van der Waals surface area contributed by atoms with Gasteiger partial charge < -0.3 is 0 Å². The van der Waals surface area contributed by atoms with Gasteiger partial charge in [0.2, 0.25) is 5.69 Å². The molecule has 0 aliphatic heterocycles. The number of benzene rings is 1. The van der Waals surface area contributed by atoms with Crippen molar-refractivity contribution in [1.82, 2.24) is 0 Å². The zero-order valence-corrected chi connectivity index (χ0v) is 9.91. The van der Waals surface area contributed by atoms with E-state index in [4.69, 9.17) is 4.11 Å². The van der Waals surface area contributed by atoms with Crippen molar-refractivity contribution < 1.29 is 8.68 Å². The van der Waals surface area contributed by atoms with Crippen LogP contribution < -0.4 is 4.57 Å². The van der Waals surface area contributed by atoms with Crippen molar-refractivity contribution in [2.75, 3.05) is 0 Å². The summed E-state index contributed by atoms with van der Waals surface area (Å²) in [6.45, 7) is 2.06. The first-order valence-electron chi connectivity index (χ1n) is 6.87. The predicted octanol–water partition coefficient (Wildman–Crippen LogP) is 3.10. The second-order valence-corrected chi connectivity index (χ2v) is 4.16. The first-order valence-corrected chi connectivity index (χ1v) is 5.37.